The summed E-state index contributed by atoms with van der Waals surface area (Å²) in [5.41, 5.74) is -3.80. The fraction of sp³-hybridized carbons (Fsp3) is 0.188. The second kappa shape index (κ2) is 6.90. The summed E-state index contributed by atoms with van der Waals surface area (Å²) in [6.07, 6.45) is -3.84. The van der Waals surface area contributed by atoms with Gasteiger partial charge in [0.2, 0.25) is 0 Å². The SMILES string of the molecule is CCOC(=O)c1nn2cc(-c3ccc(Cl)c(Cl)c3)[nH]c(=O)c2c1C(F)(F)F. The first-order valence-corrected chi connectivity index (χ1v) is 8.24. The van der Waals surface area contributed by atoms with Crippen molar-refractivity contribution >= 4 is 34.7 Å². The zero-order valence-corrected chi connectivity index (χ0v) is 15.0. The van der Waals surface area contributed by atoms with Gasteiger partial charge in [0.25, 0.3) is 5.56 Å². The number of benzene rings is 1. The molecule has 2 heterocycles. The molecule has 0 atom stereocenters. The smallest absolute Gasteiger partial charge is 0.421 e. The van der Waals surface area contributed by atoms with Crippen molar-refractivity contribution in [1.29, 1.82) is 0 Å². The highest BCUT2D eigenvalue weighted by atomic mass is 35.5. The maximum atomic E-state index is 13.5. The minimum atomic E-state index is -4.98. The van der Waals surface area contributed by atoms with Gasteiger partial charge in [0.15, 0.2) is 5.69 Å². The molecule has 142 valence electrons. The predicted molar refractivity (Wildman–Crippen MR) is 92.2 cm³/mol. The molecule has 0 aliphatic heterocycles. The van der Waals surface area contributed by atoms with E-state index in [1.165, 1.54) is 25.1 Å². The van der Waals surface area contributed by atoms with Crippen LogP contribution >= 0.6 is 23.2 Å². The van der Waals surface area contributed by atoms with E-state index in [4.69, 9.17) is 23.2 Å². The molecule has 0 saturated carbocycles. The number of fused-ring (bicyclic) bond motifs is 1. The Morgan fingerprint density at radius 3 is 2.59 bits per heavy atom. The van der Waals surface area contributed by atoms with Gasteiger partial charge >= 0.3 is 12.1 Å². The first kappa shape index (κ1) is 19.2. The van der Waals surface area contributed by atoms with Gasteiger partial charge in [0.1, 0.15) is 11.1 Å². The van der Waals surface area contributed by atoms with Crippen molar-refractivity contribution in [3.8, 4) is 11.3 Å². The molecule has 0 bridgehead atoms. The van der Waals surface area contributed by atoms with Gasteiger partial charge in [-0.25, -0.2) is 9.31 Å². The number of hydrogen-bond acceptors (Lipinski definition) is 4. The van der Waals surface area contributed by atoms with Crippen LogP contribution in [0.3, 0.4) is 0 Å². The molecule has 3 rings (SSSR count). The maximum absolute atomic E-state index is 13.5. The first-order chi connectivity index (χ1) is 12.6. The van der Waals surface area contributed by atoms with E-state index in [9.17, 15) is 22.8 Å². The molecule has 0 aliphatic rings. The lowest BCUT2D eigenvalue weighted by Crippen LogP contribution is -2.18. The molecular formula is C16H10Cl2F3N3O3. The topological polar surface area (TPSA) is 76.5 Å². The lowest BCUT2D eigenvalue weighted by molar-refractivity contribution is -0.136. The number of rotatable bonds is 3. The molecular weight excluding hydrogens is 410 g/mol. The van der Waals surface area contributed by atoms with Crippen molar-refractivity contribution in [2.45, 2.75) is 13.1 Å². The summed E-state index contributed by atoms with van der Waals surface area (Å²) in [5, 5.41) is 4.09. The summed E-state index contributed by atoms with van der Waals surface area (Å²) in [5.74, 6) is -1.27. The number of carbonyl (C=O) groups is 1. The van der Waals surface area contributed by atoms with Gasteiger partial charge < -0.3 is 9.72 Å². The summed E-state index contributed by atoms with van der Waals surface area (Å²) in [6, 6.07) is 4.42. The van der Waals surface area contributed by atoms with Crippen LogP contribution in [-0.4, -0.2) is 27.2 Å². The van der Waals surface area contributed by atoms with Crippen LogP contribution in [0.25, 0.3) is 16.8 Å². The van der Waals surface area contributed by atoms with E-state index in [0.29, 0.717) is 10.1 Å². The third kappa shape index (κ3) is 3.52. The van der Waals surface area contributed by atoms with Crippen molar-refractivity contribution in [3.05, 3.63) is 56.1 Å². The van der Waals surface area contributed by atoms with Crippen molar-refractivity contribution in [1.82, 2.24) is 14.6 Å². The van der Waals surface area contributed by atoms with Crippen molar-refractivity contribution < 1.29 is 22.7 Å². The third-order valence-electron chi connectivity index (χ3n) is 3.61. The Labute approximate surface area is 159 Å². The Hall–Kier alpha value is -2.52. The molecule has 0 fully saturated rings. The Morgan fingerprint density at radius 1 is 1.30 bits per heavy atom. The van der Waals surface area contributed by atoms with Crippen LogP contribution in [0, 0.1) is 0 Å². The molecule has 1 N–H and O–H groups in total. The van der Waals surface area contributed by atoms with E-state index in [1.807, 2.05) is 0 Å². The van der Waals surface area contributed by atoms with Crippen LogP contribution < -0.4 is 5.56 Å². The summed E-state index contributed by atoms with van der Waals surface area (Å²) < 4.78 is 45.7. The number of esters is 1. The Kier molecular flexibility index (Phi) is 4.92. The number of H-pyrrole nitrogens is 1. The molecule has 0 radical (unpaired) electrons. The monoisotopic (exact) mass is 419 g/mol. The van der Waals surface area contributed by atoms with Gasteiger partial charge in [-0.15, -0.1) is 0 Å². The molecule has 3 aromatic rings. The van der Waals surface area contributed by atoms with Gasteiger partial charge in [0.05, 0.1) is 28.5 Å². The molecule has 11 heteroatoms. The number of nitrogens with one attached hydrogen (secondary N) is 1. The molecule has 0 unspecified atom stereocenters. The second-order valence-electron chi connectivity index (χ2n) is 5.36. The fourth-order valence-corrected chi connectivity index (χ4v) is 2.80. The summed E-state index contributed by atoms with van der Waals surface area (Å²) in [7, 11) is 0. The minimum Gasteiger partial charge on any atom is -0.461 e. The maximum Gasteiger partial charge on any atom is 0.421 e. The number of hydrogen-bond donors (Lipinski definition) is 1. The lowest BCUT2D eigenvalue weighted by Gasteiger charge is -2.07. The van der Waals surface area contributed by atoms with Gasteiger partial charge in [-0.3, -0.25) is 4.79 Å². The summed E-state index contributed by atoms with van der Waals surface area (Å²) in [6.45, 7) is 1.30. The van der Waals surface area contributed by atoms with Crippen LogP contribution in [0.4, 0.5) is 13.2 Å². The van der Waals surface area contributed by atoms with Crippen molar-refractivity contribution in [2.75, 3.05) is 6.61 Å². The highest BCUT2D eigenvalue weighted by Crippen LogP contribution is 2.35. The summed E-state index contributed by atoms with van der Waals surface area (Å²) >= 11 is 11.8. The molecule has 6 nitrogen and oxygen atoms in total. The Bertz CT molecular complexity index is 1110. The van der Waals surface area contributed by atoms with E-state index < -0.39 is 34.5 Å². The van der Waals surface area contributed by atoms with Gasteiger partial charge in [0, 0.05) is 5.56 Å². The van der Waals surface area contributed by atoms with E-state index >= 15 is 0 Å². The molecule has 27 heavy (non-hydrogen) atoms. The van der Waals surface area contributed by atoms with Crippen LogP contribution in [0.2, 0.25) is 10.0 Å². The number of ether oxygens (including phenoxy) is 1. The fourth-order valence-electron chi connectivity index (χ4n) is 2.50. The predicted octanol–water partition coefficient (Wildman–Crippen LogP) is 4.19. The van der Waals surface area contributed by atoms with Crippen LogP contribution in [-0.2, 0) is 10.9 Å². The lowest BCUT2D eigenvalue weighted by atomic mass is 10.1. The Morgan fingerprint density at radius 2 is 2.00 bits per heavy atom. The standard InChI is InChI=1S/C16H10Cl2F3N3O3/c1-2-27-15(26)12-11(16(19,20)21)13-14(25)22-10(6-24(13)23-12)7-3-4-8(17)9(18)5-7/h3-6H,2H2,1H3,(H,22,25). The third-order valence-corrected chi connectivity index (χ3v) is 4.35. The van der Waals surface area contributed by atoms with Crippen LogP contribution in [0.1, 0.15) is 23.0 Å². The van der Waals surface area contributed by atoms with Gasteiger partial charge in [-0.1, -0.05) is 29.3 Å². The molecule has 0 amide bonds. The average Bonchev–Trinajstić information content (AvgIpc) is 2.98. The zero-order valence-electron chi connectivity index (χ0n) is 13.5. The largest absolute Gasteiger partial charge is 0.461 e. The molecule has 0 saturated heterocycles. The number of alkyl halides is 3. The van der Waals surface area contributed by atoms with E-state index in [2.05, 4.69) is 14.8 Å². The second-order valence-corrected chi connectivity index (χ2v) is 6.18. The highest BCUT2D eigenvalue weighted by Gasteiger charge is 2.42. The minimum absolute atomic E-state index is 0.137. The van der Waals surface area contributed by atoms with Gasteiger partial charge in [-0.2, -0.15) is 18.3 Å². The van der Waals surface area contributed by atoms with E-state index in [0.717, 1.165) is 6.20 Å². The van der Waals surface area contributed by atoms with Gasteiger partial charge in [-0.05, 0) is 19.1 Å². The van der Waals surface area contributed by atoms with E-state index in [-0.39, 0.29) is 22.3 Å². The van der Waals surface area contributed by atoms with E-state index in [1.54, 1.807) is 0 Å². The number of aromatic amines is 1. The average molecular weight is 420 g/mol. The normalized spacial score (nSPS) is 11.8. The van der Waals surface area contributed by atoms with Crippen LogP contribution in [0.5, 0.6) is 0 Å². The van der Waals surface area contributed by atoms with Crippen LogP contribution in [0.15, 0.2) is 29.2 Å². The van der Waals surface area contributed by atoms with Crippen molar-refractivity contribution in [3.63, 3.8) is 0 Å². The molecule has 2 aromatic heterocycles. The highest BCUT2D eigenvalue weighted by molar-refractivity contribution is 6.42. The zero-order chi connectivity index (χ0) is 19.9. The number of halogens is 5. The molecule has 0 aliphatic carbocycles. The quantitative estimate of drug-likeness (QED) is 0.645. The molecule has 1 aromatic carbocycles. The molecule has 0 spiro atoms. The Balaban J connectivity index is 2.28. The number of carbonyl (C=O) groups excluding carboxylic acids is 1. The number of nitrogens with zero attached hydrogens (tertiary/aromatic N) is 2. The number of aromatic nitrogens is 3. The van der Waals surface area contributed by atoms with Crippen molar-refractivity contribution in [2.24, 2.45) is 0 Å². The summed E-state index contributed by atoms with van der Waals surface area (Å²) in [4.78, 5) is 26.6. The first-order valence-electron chi connectivity index (χ1n) is 7.49.